The number of fused-ring (bicyclic) bond motifs is 1. The molecule has 1 aliphatic carbocycles. The number of carbonyl (C=O) groups is 1. The van der Waals surface area contributed by atoms with E-state index in [1.165, 1.54) is 50.2 Å². The number of amides is 1. The highest BCUT2D eigenvalue weighted by molar-refractivity contribution is 7.89. The number of aryl methyl sites for hydroxylation is 2. The highest BCUT2D eigenvalue weighted by atomic mass is 32.2. The molecule has 1 N–H and O–H groups in total. The van der Waals surface area contributed by atoms with Gasteiger partial charge in [0.1, 0.15) is 18.1 Å². The lowest BCUT2D eigenvalue weighted by atomic mass is 9.92. The minimum atomic E-state index is -3.46. The molecule has 0 saturated carbocycles. The van der Waals surface area contributed by atoms with E-state index in [0.29, 0.717) is 12.3 Å². The van der Waals surface area contributed by atoms with Crippen LogP contribution in [0.5, 0.6) is 11.5 Å². The number of carbonyl (C=O) groups excluding carboxylic acids is 1. The summed E-state index contributed by atoms with van der Waals surface area (Å²) in [4.78, 5) is 12.2. The predicted molar refractivity (Wildman–Crippen MR) is 114 cm³/mol. The molecular weight excluding hydrogens is 404 g/mol. The fourth-order valence-corrected chi connectivity index (χ4v) is 4.18. The molecule has 8 heteroatoms. The summed E-state index contributed by atoms with van der Waals surface area (Å²) in [6.45, 7) is 0.546. The van der Waals surface area contributed by atoms with Crippen molar-refractivity contribution in [2.45, 2.75) is 30.6 Å². The lowest BCUT2D eigenvalue weighted by Gasteiger charge is -2.16. The van der Waals surface area contributed by atoms with Gasteiger partial charge in [-0.15, -0.1) is 0 Å². The highest BCUT2D eigenvalue weighted by Crippen LogP contribution is 2.25. The average Bonchev–Trinajstić information content (AvgIpc) is 2.75. The number of rotatable bonds is 9. The fourth-order valence-electron chi connectivity index (χ4n) is 3.28. The second kappa shape index (κ2) is 9.95. The van der Waals surface area contributed by atoms with Crippen LogP contribution in [0.4, 0.5) is 0 Å². The van der Waals surface area contributed by atoms with Gasteiger partial charge in [-0.25, -0.2) is 12.7 Å². The van der Waals surface area contributed by atoms with Gasteiger partial charge in [0.25, 0.3) is 5.91 Å². The third-order valence-corrected chi connectivity index (χ3v) is 6.81. The number of hydrogen-bond donors (Lipinski definition) is 1. The van der Waals surface area contributed by atoms with Crippen molar-refractivity contribution in [3.05, 3.63) is 53.6 Å². The minimum absolute atomic E-state index is 0.0458. The Bertz CT molecular complexity index is 972. The molecule has 2 aromatic rings. The molecule has 0 atom stereocenters. The summed E-state index contributed by atoms with van der Waals surface area (Å²) in [5, 5.41) is 2.74. The molecule has 1 amide bonds. The first-order chi connectivity index (χ1) is 14.4. The minimum Gasteiger partial charge on any atom is -0.492 e. The third-order valence-electron chi connectivity index (χ3n) is 4.99. The van der Waals surface area contributed by atoms with Crippen LogP contribution in [-0.4, -0.2) is 52.5 Å². The topological polar surface area (TPSA) is 84.9 Å². The smallest absolute Gasteiger partial charge is 0.258 e. The number of nitrogens with zero attached hydrogens (tertiary/aromatic N) is 1. The molecule has 0 spiro atoms. The van der Waals surface area contributed by atoms with Gasteiger partial charge in [0.05, 0.1) is 11.4 Å². The summed E-state index contributed by atoms with van der Waals surface area (Å²) in [5.41, 5.74) is 2.69. The molecule has 0 unspecified atom stereocenters. The molecule has 0 radical (unpaired) electrons. The zero-order chi connectivity index (χ0) is 21.6. The molecule has 0 heterocycles. The van der Waals surface area contributed by atoms with Crippen LogP contribution < -0.4 is 14.8 Å². The van der Waals surface area contributed by atoms with Crippen LogP contribution in [0.3, 0.4) is 0 Å². The van der Waals surface area contributed by atoms with E-state index in [1.807, 2.05) is 12.1 Å². The van der Waals surface area contributed by atoms with Crippen molar-refractivity contribution in [3.8, 4) is 11.5 Å². The predicted octanol–water partition coefficient (Wildman–Crippen LogP) is 2.39. The maximum atomic E-state index is 12.0. The van der Waals surface area contributed by atoms with Crippen molar-refractivity contribution in [2.75, 3.05) is 33.9 Å². The molecule has 162 valence electrons. The third kappa shape index (κ3) is 5.73. The summed E-state index contributed by atoms with van der Waals surface area (Å²) in [5.74, 6) is 1.03. The van der Waals surface area contributed by atoms with E-state index in [9.17, 15) is 13.2 Å². The van der Waals surface area contributed by atoms with Gasteiger partial charge in [0, 0.05) is 14.1 Å². The van der Waals surface area contributed by atoms with Gasteiger partial charge >= 0.3 is 0 Å². The molecule has 1 aliphatic rings. The number of ether oxygens (including phenoxy) is 2. The van der Waals surface area contributed by atoms with Crippen molar-refractivity contribution in [1.29, 1.82) is 0 Å². The van der Waals surface area contributed by atoms with Crippen LogP contribution in [0.15, 0.2) is 47.4 Å². The summed E-state index contributed by atoms with van der Waals surface area (Å²) in [7, 11) is -0.490. The van der Waals surface area contributed by atoms with Crippen molar-refractivity contribution in [3.63, 3.8) is 0 Å². The average molecular weight is 433 g/mol. The van der Waals surface area contributed by atoms with Gasteiger partial charge in [-0.05, 0) is 73.2 Å². The first-order valence-electron chi connectivity index (χ1n) is 10.0. The van der Waals surface area contributed by atoms with E-state index < -0.39 is 10.0 Å². The Morgan fingerprint density at radius 3 is 2.33 bits per heavy atom. The molecular formula is C22H28N2O5S. The first kappa shape index (κ1) is 22.1. The molecule has 0 bridgehead atoms. The summed E-state index contributed by atoms with van der Waals surface area (Å²) < 4.78 is 36.4. The van der Waals surface area contributed by atoms with Crippen LogP contribution in [0, 0.1) is 0 Å². The summed E-state index contributed by atoms with van der Waals surface area (Å²) in [6, 6.07) is 12.2. The van der Waals surface area contributed by atoms with Crippen molar-refractivity contribution in [1.82, 2.24) is 9.62 Å². The Morgan fingerprint density at radius 1 is 0.967 bits per heavy atom. The summed E-state index contributed by atoms with van der Waals surface area (Å²) >= 11 is 0. The van der Waals surface area contributed by atoms with Crippen molar-refractivity contribution >= 4 is 15.9 Å². The quantitative estimate of drug-likeness (QED) is 0.615. The zero-order valence-electron chi connectivity index (χ0n) is 17.4. The molecule has 0 fully saturated rings. The number of nitrogens with one attached hydrogen (secondary N) is 1. The van der Waals surface area contributed by atoms with Gasteiger partial charge in [0.15, 0.2) is 6.61 Å². The molecule has 0 aromatic heterocycles. The Morgan fingerprint density at radius 2 is 1.63 bits per heavy atom. The highest BCUT2D eigenvalue weighted by Gasteiger charge is 2.16. The van der Waals surface area contributed by atoms with E-state index in [4.69, 9.17) is 9.47 Å². The van der Waals surface area contributed by atoms with Crippen LogP contribution in [0.1, 0.15) is 24.0 Å². The summed E-state index contributed by atoms with van der Waals surface area (Å²) in [6.07, 6.45) is 4.62. The van der Waals surface area contributed by atoms with Gasteiger partial charge in [-0.1, -0.05) is 6.07 Å². The van der Waals surface area contributed by atoms with E-state index >= 15 is 0 Å². The maximum Gasteiger partial charge on any atom is 0.258 e. The standard InChI is InChI=1S/C22H28N2O5S/c1-24(2)30(26,27)21-11-9-19(10-12-21)28-14-13-23-22(25)16-29-20-8-7-17-5-3-4-6-18(17)15-20/h7-12,15H,3-6,13-14,16H2,1-2H3,(H,23,25). The van der Waals surface area contributed by atoms with E-state index in [1.54, 1.807) is 12.1 Å². The van der Waals surface area contributed by atoms with Crippen molar-refractivity contribution in [2.24, 2.45) is 0 Å². The molecule has 30 heavy (non-hydrogen) atoms. The molecule has 3 rings (SSSR count). The van der Waals surface area contributed by atoms with Crippen molar-refractivity contribution < 1.29 is 22.7 Å². The lowest BCUT2D eigenvalue weighted by molar-refractivity contribution is -0.123. The molecule has 0 aliphatic heterocycles. The monoisotopic (exact) mass is 432 g/mol. The van der Waals surface area contributed by atoms with E-state index in [-0.39, 0.29) is 24.0 Å². The second-order valence-electron chi connectivity index (χ2n) is 7.38. The Kier molecular flexibility index (Phi) is 7.33. The van der Waals surface area contributed by atoms with Gasteiger partial charge in [-0.2, -0.15) is 0 Å². The second-order valence-corrected chi connectivity index (χ2v) is 9.54. The molecule has 7 nitrogen and oxygen atoms in total. The Balaban J connectivity index is 1.38. The fraction of sp³-hybridized carbons (Fsp3) is 0.409. The van der Waals surface area contributed by atoms with Gasteiger partial charge in [-0.3, -0.25) is 4.79 Å². The SMILES string of the molecule is CN(C)S(=O)(=O)c1ccc(OCCNC(=O)COc2ccc3c(c2)CCCC3)cc1. The lowest BCUT2D eigenvalue weighted by Crippen LogP contribution is -2.32. The Hall–Kier alpha value is -2.58. The van der Waals surface area contributed by atoms with Crippen LogP contribution in [0.25, 0.3) is 0 Å². The van der Waals surface area contributed by atoms with Crippen LogP contribution >= 0.6 is 0 Å². The first-order valence-corrected chi connectivity index (χ1v) is 11.5. The largest absolute Gasteiger partial charge is 0.492 e. The maximum absolute atomic E-state index is 12.0. The van der Waals surface area contributed by atoms with Gasteiger partial charge in [0.2, 0.25) is 10.0 Å². The molecule has 0 saturated heterocycles. The van der Waals surface area contributed by atoms with Crippen LogP contribution in [0.2, 0.25) is 0 Å². The zero-order valence-corrected chi connectivity index (χ0v) is 18.2. The van der Waals surface area contributed by atoms with E-state index in [2.05, 4.69) is 11.4 Å². The number of hydrogen-bond acceptors (Lipinski definition) is 5. The Labute approximate surface area is 178 Å². The normalized spacial score (nSPS) is 13.6. The van der Waals surface area contributed by atoms with E-state index in [0.717, 1.165) is 22.9 Å². The van der Waals surface area contributed by atoms with Crippen LogP contribution in [-0.2, 0) is 27.7 Å². The van der Waals surface area contributed by atoms with Gasteiger partial charge < -0.3 is 14.8 Å². The number of benzene rings is 2. The number of sulfonamides is 1. The molecule has 2 aromatic carbocycles.